The maximum Gasteiger partial charge on any atom is 0.293 e. The lowest BCUT2D eigenvalue weighted by Gasteiger charge is -2.36. The van der Waals surface area contributed by atoms with E-state index < -0.39 is 43.0 Å². The SMILES string of the molecule is COCc1ccc2c(c1)CCN(C(=O)c1cc(=O)[nH]o1)[C@H]2C(=O)Cc1cc(F)c([Si](C)(C)C)c(F)c1. The fraction of sp³-hybridized carbons (Fsp3) is 0.346. The number of nitrogens with one attached hydrogen (secondary N) is 1. The maximum absolute atomic E-state index is 14.8. The Morgan fingerprint density at radius 2 is 1.81 bits per heavy atom. The predicted octanol–water partition coefficient (Wildman–Crippen LogP) is 3.49. The molecule has 0 radical (unpaired) electrons. The van der Waals surface area contributed by atoms with Crippen LogP contribution in [-0.4, -0.2) is 43.5 Å². The molecule has 1 aliphatic heterocycles. The van der Waals surface area contributed by atoms with Crippen LogP contribution in [0.4, 0.5) is 8.78 Å². The topological polar surface area (TPSA) is 92.6 Å². The van der Waals surface area contributed by atoms with E-state index in [2.05, 4.69) is 5.16 Å². The summed E-state index contributed by atoms with van der Waals surface area (Å²) in [6.45, 7) is 6.13. The van der Waals surface area contributed by atoms with Crippen LogP contribution in [0, 0.1) is 11.6 Å². The third-order valence-corrected chi connectivity index (χ3v) is 8.25. The van der Waals surface area contributed by atoms with E-state index >= 15 is 0 Å². The lowest BCUT2D eigenvalue weighted by atomic mass is 9.87. The predicted molar refractivity (Wildman–Crippen MR) is 132 cm³/mol. The summed E-state index contributed by atoms with van der Waals surface area (Å²) in [6, 6.07) is 7.94. The van der Waals surface area contributed by atoms with Gasteiger partial charge in [-0.1, -0.05) is 37.8 Å². The largest absolute Gasteiger partial charge is 0.380 e. The normalized spacial score (nSPS) is 15.6. The Kier molecular flexibility index (Phi) is 7.10. The van der Waals surface area contributed by atoms with E-state index in [0.717, 1.165) is 17.2 Å². The fourth-order valence-electron chi connectivity index (χ4n) is 4.77. The molecule has 36 heavy (non-hydrogen) atoms. The highest BCUT2D eigenvalue weighted by atomic mass is 28.3. The van der Waals surface area contributed by atoms with Gasteiger partial charge in [0.25, 0.3) is 11.5 Å². The second-order valence-corrected chi connectivity index (χ2v) is 15.0. The van der Waals surface area contributed by atoms with Crippen LogP contribution < -0.4 is 10.7 Å². The number of amides is 1. The zero-order valence-corrected chi connectivity index (χ0v) is 21.6. The van der Waals surface area contributed by atoms with Crippen LogP contribution >= 0.6 is 0 Å². The van der Waals surface area contributed by atoms with Crippen molar-refractivity contribution in [3.8, 4) is 0 Å². The molecule has 0 saturated heterocycles. The number of carbonyl (C=O) groups is 2. The number of fused-ring (bicyclic) bond motifs is 1. The van der Waals surface area contributed by atoms with Crippen molar-refractivity contribution >= 4 is 25.0 Å². The minimum absolute atomic E-state index is 0.0895. The van der Waals surface area contributed by atoms with Crippen molar-refractivity contribution in [2.45, 2.75) is 45.1 Å². The molecule has 2 aromatic carbocycles. The van der Waals surface area contributed by atoms with Gasteiger partial charge in [0.15, 0.2) is 5.78 Å². The van der Waals surface area contributed by atoms with E-state index in [1.807, 2.05) is 31.8 Å². The van der Waals surface area contributed by atoms with E-state index in [9.17, 15) is 23.2 Å². The van der Waals surface area contributed by atoms with Gasteiger partial charge in [-0.25, -0.2) is 8.78 Å². The highest BCUT2D eigenvalue weighted by Crippen LogP contribution is 2.33. The first kappa shape index (κ1) is 25.7. The number of ether oxygens (including phenoxy) is 1. The van der Waals surface area contributed by atoms with Crippen LogP contribution in [0.3, 0.4) is 0 Å². The molecule has 0 aliphatic carbocycles. The molecule has 190 valence electrons. The molecule has 1 atom stereocenters. The van der Waals surface area contributed by atoms with Crippen LogP contribution in [0.2, 0.25) is 19.6 Å². The summed E-state index contributed by atoms with van der Waals surface area (Å²) in [5.74, 6) is -2.56. The van der Waals surface area contributed by atoms with Gasteiger partial charge in [0, 0.05) is 25.3 Å². The van der Waals surface area contributed by atoms with Gasteiger partial charge < -0.3 is 14.2 Å². The molecule has 1 N–H and O–H groups in total. The number of aromatic nitrogens is 1. The van der Waals surface area contributed by atoms with Gasteiger partial charge in [-0.15, -0.1) is 0 Å². The standard InChI is InChI=1S/C26H28F2N2O5Si/c1-34-14-15-5-6-18-17(9-15)7-8-30(26(33)22-13-23(32)29-35-22)24(18)21(31)12-16-10-19(27)25(20(28)11-16)36(2,3)4/h5-6,9-11,13,24H,7-8,12,14H2,1-4H3,(H,29,32)/t24-/m1/s1. The number of aromatic amines is 1. The highest BCUT2D eigenvalue weighted by Gasteiger charge is 2.37. The minimum Gasteiger partial charge on any atom is -0.380 e. The summed E-state index contributed by atoms with van der Waals surface area (Å²) >= 11 is 0. The maximum atomic E-state index is 14.8. The molecule has 0 bridgehead atoms. The number of ketones is 1. The highest BCUT2D eigenvalue weighted by molar-refractivity contribution is 6.88. The first-order valence-corrected chi connectivity index (χ1v) is 15.1. The van der Waals surface area contributed by atoms with Gasteiger partial charge in [-0.05, 0) is 40.8 Å². The van der Waals surface area contributed by atoms with Crippen molar-refractivity contribution in [3.05, 3.63) is 86.4 Å². The molecule has 3 aromatic rings. The summed E-state index contributed by atoms with van der Waals surface area (Å²) < 4.78 is 39.9. The smallest absolute Gasteiger partial charge is 0.293 e. The Labute approximate surface area is 208 Å². The Bertz CT molecular complexity index is 1350. The van der Waals surface area contributed by atoms with E-state index in [4.69, 9.17) is 9.26 Å². The summed E-state index contributed by atoms with van der Waals surface area (Å²) in [6.07, 6.45) is 0.204. The van der Waals surface area contributed by atoms with Crippen molar-refractivity contribution in [2.75, 3.05) is 13.7 Å². The van der Waals surface area contributed by atoms with E-state index in [-0.39, 0.29) is 29.5 Å². The lowest BCUT2D eigenvalue weighted by Crippen LogP contribution is -2.44. The molecule has 1 amide bonds. The zero-order chi connectivity index (χ0) is 26.2. The van der Waals surface area contributed by atoms with E-state index in [0.29, 0.717) is 18.6 Å². The van der Waals surface area contributed by atoms with Crippen LogP contribution in [0.5, 0.6) is 0 Å². The van der Waals surface area contributed by atoms with Crippen LogP contribution in [0.25, 0.3) is 0 Å². The van der Waals surface area contributed by atoms with Crippen LogP contribution in [0.15, 0.2) is 45.7 Å². The molecule has 0 saturated carbocycles. The van der Waals surface area contributed by atoms with E-state index in [1.165, 1.54) is 17.0 Å². The van der Waals surface area contributed by atoms with Crippen LogP contribution in [0.1, 0.15) is 38.9 Å². The molecule has 2 heterocycles. The Balaban J connectivity index is 1.72. The molecule has 0 fully saturated rings. The number of methoxy groups -OCH3 is 1. The second kappa shape index (κ2) is 9.94. The Morgan fingerprint density at radius 3 is 2.39 bits per heavy atom. The summed E-state index contributed by atoms with van der Waals surface area (Å²) in [5, 5.41) is 2.18. The number of halogens is 2. The lowest BCUT2D eigenvalue weighted by molar-refractivity contribution is -0.123. The zero-order valence-electron chi connectivity index (χ0n) is 20.6. The van der Waals surface area contributed by atoms with Gasteiger partial charge in [0.1, 0.15) is 17.7 Å². The third-order valence-electron chi connectivity index (χ3n) is 6.28. The van der Waals surface area contributed by atoms with Gasteiger partial charge in [0.2, 0.25) is 5.76 Å². The number of H-pyrrole nitrogens is 1. The monoisotopic (exact) mass is 514 g/mol. The first-order chi connectivity index (χ1) is 17.0. The van der Waals surface area contributed by atoms with Crippen molar-refractivity contribution in [3.63, 3.8) is 0 Å². The average Bonchev–Trinajstić information content (AvgIpc) is 3.22. The van der Waals surface area contributed by atoms with Gasteiger partial charge >= 0.3 is 0 Å². The Morgan fingerprint density at radius 1 is 1.11 bits per heavy atom. The molecular formula is C26H28F2N2O5Si. The average molecular weight is 515 g/mol. The third kappa shape index (κ3) is 5.10. The molecule has 0 spiro atoms. The molecule has 0 unspecified atom stereocenters. The Hall–Kier alpha value is -3.37. The number of benzene rings is 2. The number of Topliss-reactive ketones (excluding diaryl/α,β-unsaturated/α-hetero) is 1. The fourth-order valence-corrected chi connectivity index (χ4v) is 6.35. The second-order valence-electron chi connectivity index (χ2n) is 10.0. The molecule has 1 aliphatic rings. The number of hydrogen-bond donors (Lipinski definition) is 1. The van der Waals surface area contributed by atoms with Crippen molar-refractivity contribution in [1.29, 1.82) is 0 Å². The van der Waals surface area contributed by atoms with Crippen LogP contribution in [-0.2, 0) is 29.0 Å². The summed E-state index contributed by atoms with van der Waals surface area (Å²) in [7, 11) is -0.690. The van der Waals surface area contributed by atoms with Crippen molar-refractivity contribution < 1.29 is 27.6 Å². The minimum atomic E-state index is -2.28. The van der Waals surface area contributed by atoms with Gasteiger partial charge in [0.05, 0.1) is 20.7 Å². The number of hydrogen-bond acceptors (Lipinski definition) is 5. The molecule has 4 rings (SSSR count). The van der Waals surface area contributed by atoms with Gasteiger partial charge in [-0.3, -0.25) is 14.4 Å². The molecule has 1 aromatic heterocycles. The molecule has 7 nitrogen and oxygen atoms in total. The summed E-state index contributed by atoms with van der Waals surface area (Å²) in [5.41, 5.74) is 2.05. The molecular weight excluding hydrogens is 486 g/mol. The number of rotatable bonds is 7. The van der Waals surface area contributed by atoms with E-state index in [1.54, 1.807) is 13.2 Å². The van der Waals surface area contributed by atoms with Gasteiger partial charge in [-0.2, -0.15) is 5.16 Å². The first-order valence-electron chi connectivity index (χ1n) is 11.6. The molecule has 10 heteroatoms. The number of nitrogens with zero attached hydrogens (tertiary/aromatic N) is 1. The summed E-state index contributed by atoms with van der Waals surface area (Å²) in [4.78, 5) is 39.7. The quantitative estimate of drug-likeness (QED) is 0.488. The van der Waals surface area contributed by atoms with Crippen molar-refractivity contribution in [1.82, 2.24) is 10.1 Å². The van der Waals surface area contributed by atoms with Crippen molar-refractivity contribution in [2.24, 2.45) is 0 Å². The number of carbonyl (C=O) groups excluding carboxylic acids is 2.